The standard InChI is InChI=1S/C19H21F5N4O3/c20-17(21)31-12-3-1-11(2-4-12)28-7-5-10(6-8-28)15(25)14-16(26)27-13(29)9-18(14,30)19(22,23)24/h1-4,10,17,30H,5-9,25H2,(H2,26,27,29). The zero-order valence-electron chi connectivity index (χ0n) is 16.2. The van der Waals surface area contributed by atoms with Crippen LogP contribution in [0.3, 0.4) is 0 Å². The second kappa shape index (κ2) is 8.33. The molecule has 7 nitrogen and oxygen atoms in total. The van der Waals surface area contributed by atoms with E-state index in [2.05, 4.69) is 9.73 Å². The van der Waals surface area contributed by atoms with Crippen LogP contribution < -0.4 is 21.1 Å². The van der Waals surface area contributed by atoms with Crippen LogP contribution in [0.5, 0.6) is 5.75 Å². The molecule has 2 aliphatic rings. The third kappa shape index (κ3) is 4.58. The number of benzene rings is 1. The number of ether oxygens (including phenoxy) is 1. The Balaban J connectivity index is 1.78. The normalized spacial score (nSPS) is 24.9. The lowest BCUT2D eigenvalue weighted by molar-refractivity contribution is -0.244. The van der Waals surface area contributed by atoms with Crippen LogP contribution in [0, 0.1) is 5.92 Å². The van der Waals surface area contributed by atoms with Crippen LogP contribution in [0.15, 0.2) is 40.5 Å². The van der Waals surface area contributed by atoms with Gasteiger partial charge in [-0.15, -0.1) is 0 Å². The number of nitrogens with zero attached hydrogens (tertiary/aromatic N) is 2. The Labute approximate surface area is 174 Å². The molecular weight excluding hydrogens is 427 g/mol. The van der Waals surface area contributed by atoms with E-state index >= 15 is 0 Å². The van der Waals surface area contributed by atoms with E-state index in [1.165, 1.54) is 12.1 Å². The van der Waals surface area contributed by atoms with Gasteiger partial charge in [0.05, 0.1) is 12.0 Å². The number of carbonyl (C=O) groups is 1. The van der Waals surface area contributed by atoms with Gasteiger partial charge in [-0.25, -0.2) is 0 Å². The molecule has 0 spiro atoms. The molecule has 170 valence electrons. The molecular formula is C19H21F5N4O3. The van der Waals surface area contributed by atoms with Gasteiger partial charge >= 0.3 is 12.8 Å². The molecule has 3 rings (SSSR count). The summed E-state index contributed by atoms with van der Waals surface area (Å²) in [7, 11) is 0. The Bertz CT molecular complexity index is 893. The van der Waals surface area contributed by atoms with E-state index in [4.69, 9.17) is 11.5 Å². The van der Waals surface area contributed by atoms with Gasteiger partial charge in [-0.2, -0.15) is 26.9 Å². The van der Waals surface area contributed by atoms with Gasteiger partial charge in [0, 0.05) is 30.4 Å². The zero-order chi connectivity index (χ0) is 23.0. The summed E-state index contributed by atoms with van der Waals surface area (Å²) in [5, 5.41) is 10.3. The van der Waals surface area contributed by atoms with E-state index in [-0.39, 0.29) is 11.4 Å². The minimum atomic E-state index is -5.16. The van der Waals surface area contributed by atoms with Crippen molar-refractivity contribution in [3.63, 3.8) is 0 Å². The van der Waals surface area contributed by atoms with Crippen molar-refractivity contribution in [1.82, 2.24) is 0 Å². The molecule has 1 aromatic rings. The average Bonchev–Trinajstić information content (AvgIpc) is 2.66. The van der Waals surface area contributed by atoms with E-state index in [0.717, 1.165) is 5.69 Å². The third-order valence-electron chi connectivity index (χ3n) is 5.44. The van der Waals surface area contributed by atoms with Crippen LogP contribution in [0.2, 0.25) is 0 Å². The van der Waals surface area contributed by atoms with Gasteiger partial charge in [0.15, 0.2) is 5.60 Å². The molecule has 5 N–H and O–H groups in total. The summed E-state index contributed by atoms with van der Waals surface area (Å²) in [6.07, 6.45) is -5.75. The molecule has 1 amide bonds. The van der Waals surface area contributed by atoms with Crippen LogP contribution in [0.4, 0.5) is 27.6 Å². The van der Waals surface area contributed by atoms with Gasteiger partial charge in [0.25, 0.3) is 5.91 Å². The Kier molecular flexibility index (Phi) is 6.12. The number of amides is 1. The molecule has 1 fully saturated rings. The molecule has 12 heteroatoms. The number of hydrogen-bond donors (Lipinski definition) is 3. The van der Waals surface area contributed by atoms with Crippen LogP contribution in [0.25, 0.3) is 0 Å². The molecule has 1 unspecified atom stereocenters. The Morgan fingerprint density at radius 2 is 1.81 bits per heavy atom. The van der Waals surface area contributed by atoms with Crippen molar-refractivity contribution in [3.05, 3.63) is 35.5 Å². The lowest BCUT2D eigenvalue weighted by Crippen LogP contribution is -2.55. The average molecular weight is 448 g/mol. The van der Waals surface area contributed by atoms with Gasteiger partial charge in [-0.3, -0.25) is 4.79 Å². The van der Waals surface area contributed by atoms with Crippen molar-refractivity contribution in [2.24, 2.45) is 22.4 Å². The molecule has 31 heavy (non-hydrogen) atoms. The fourth-order valence-corrected chi connectivity index (χ4v) is 3.87. The second-order valence-electron chi connectivity index (χ2n) is 7.39. The first-order valence-electron chi connectivity index (χ1n) is 9.39. The molecule has 0 saturated carbocycles. The number of piperidine rings is 1. The van der Waals surface area contributed by atoms with E-state index in [1.807, 2.05) is 4.90 Å². The quantitative estimate of drug-likeness (QED) is 0.609. The minimum absolute atomic E-state index is 0.00987. The molecule has 2 aliphatic heterocycles. The summed E-state index contributed by atoms with van der Waals surface area (Å²) in [6.45, 7) is -2.11. The first-order valence-corrected chi connectivity index (χ1v) is 9.39. The van der Waals surface area contributed by atoms with Crippen LogP contribution in [-0.4, -0.2) is 48.3 Å². The maximum absolute atomic E-state index is 13.6. The van der Waals surface area contributed by atoms with Gasteiger partial charge in [-0.1, -0.05) is 0 Å². The summed E-state index contributed by atoms with van der Waals surface area (Å²) in [5.41, 5.74) is 7.83. The monoisotopic (exact) mass is 448 g/mol. The number of alkyl halides is 5. The minimum Gasteiger partial charge on any atom is -0.435 e. The number of halogens is 5. The molecule has 1 aromatic carbocycles. The summed E-state index contributed by atoms with van der Waals surface area (Å²) in [5.74, 6) is -2.42. The van der Waals surface area contributed by atoms with Gasteiger partial charge in [0.1, 0.15) is 11.6 Å². The summed E-state index contributed by atoms with van der Waals surface area (Å²) in [4.78, 5) is 16.8. The summed E-state index contributed by atoms with van der Waals surface area (Å²) in [6, 6.07) is 5.98. The number of amidine groups is 1. The topological polar surface area (TPSA) is 114 Å². The van der Waals surface area contributed by atoms with Gasteiger partial charge < -0.3 is 26.2 Å². The molecule has 0 aliphatic carbocycles. The largest absolute Gasteiger partial charge is 0.435 e. The van der Waals surface area contributed by atoms with Gasteiger partial charge in [0.2, 0.25) is 0 Å². The number of nitrogens with two attached hydrogens (primary N) is 2. The SMILES string of the molecule is NC1=NC(=O)CC(O)(C(F)(F)F)C1=C(N)C1CCN(c2ccc(OC(F)F)cc2)CC1. The maximum Gasteiger partial charge on any atom is 0.422 e. The molecule has 0 aromatic heterocycles. The van der Waals surface area contributed by atoms with Crippen molar-refractivity contribution in [2.45, 2.75) is 37.7 Å². The number of aliphatic imine (C=N–C) groups is 1. The van der Waals surface area contributed by atoms with Crippen molar-refractivity contribution < 1.29 is 36.6 Å². The van der Waals surface area contributed by atoms with E-state index in [1.54, 1.807) is 12.1 Å². The van der Waals surface area contributed by atoms with Crippen LogP contribution in [-0.2, 0) is 4.79 Å². The van der Waals surface area contributed by atoms with E-state index < -0.39 is 48.0 Å². The number of aliphatic hydroxyl groups is 1. The van der Waals surface area contributed by atoms with E-state index in [0.29, 0.717) is 25.9 Å². The summed E-state index contributed by atoms with van der Waals surface area (Å²) >= 11 is 0. The third-order valence-corrected chi connectivity index (χ3v) is 5.44. The zero-order valence-corrected chi connectivity index (χ0v) is 16.2. The van der Waals surface area contributed by atoms with Crippen molar-refractivity contribution in [1.29, 1.82) is 0 Å². The highest BCUT2D eigenvalue weighted by atomic mass is 19.4. The predicted octanol–water partition coefficient (Wildman–Crippen LogP) is 2.30. The van der Waals surface area contributed by atoms with Crippen molar-refractivity contribution in [2.75, 3.05) is 18.0 Å². The smallest absolute Gasteiger partial charge is 0.422 e. The molecule has 1 saturated heterocycles. The predicted molar refractivity (Wildman–Crippen MR) is 101 cm³/mol. The molecule has 1 atom stereocenters. The molecule has 0 radical (unpaired) electrons. The lowest BCUT2D eigenvalue weighted by atomic mass is 9.80. The van der Waals surface area contributed by atoms with Crippen LogP contribution in [0.1, 0.15) is 19.3 Å². The highest BCUT2D eigenvalue weighted by Crippen LogP contribution is 2.43. The number of allylic oxidation sites excluding steroid dienone is 1. The fourth-order valence-electron chi connectivity index (χ4n) is 3.87. The highest BCUT2D eigenvalue weighted by Gasteiger charge is 2.60. The fraction of sp³-hybridized carbons (Fsp3) is 0.474. The van der Waals surface area contributed by atoms with E-state index in [9.17, 15) is 31.9 Å². The van der Waals surface area contributed by atoms with Crippen molar-refractivity contribution >= 4 is 17.4 Å². The number of carbonyl (C=O) groups excluding carboxylic acids is 1. The Hall–Kier alpha value is -2.89. The number of hydrogen-bond acceptors (Lipinski definition) is 6. The van der Waals surface area contributed by atoms with Gasteiger partial charge in [-0.05, 0) is 37.1 Å². The number of rotatable bonds is 4. The molecule has 2 heterocycles. The van der Waals surface area contributed by atoms with Crippen molar-refractivity contribution in [3.8, 4) is 5.75 Å². The first-order chi connectivity index (χ1) is 14.4. The van der Waals surface area contributed by atoms with Crippen LogP contribution >= 0.6 is 0 Å². The summed E-state index contributed by atoms with van der Waals surface area (Å²) < 4.78 is 69.5. The Morgan fingerprint density at radius 3 is 2.32 bits per heavy atom. The maximum atomic E-state index is 13.6. The first kappa shape index (κ1) is 22.8. The number of anilines is 1. The second-order valence-corrected chi connectivity index (χ2v) is 7.39. The molecule has 0 bridgehead atoms. The lowest BCUT2D eigenvalue weighted by Gasteiger charge is -2.38. The highest BCUT2D eigenvalue weighted by molar-refractivity contribution is 6.09. The Morgan fingerprint density at radius 1 is 1.23 bits per heavy atom.